The van der Waals surface area contributed by atoms with E-state index in [-0.39, 0.29) is 30.3 Å². The number of benzene rings is 1. The van der Waals surface area contributed by atoms with E-state index in [1.165, 1.54) is 0 Å². The Morgan fingerprint density at radius 1 is 1.33 bits per heavy atom. The average molecular weight is 313 g/mol. The van der Waals surface area contributed by atoms with E-state index in [9.17, 15) is 4.79 Å². The summed E-state index contributed by atoms with van der Waals surface area (Å²) in [5, 5.41) is 6.22. The van der Waals surface area contributed by atoms with Crippen LogP contribution >= 0.6 is 12.4 Å². The van der Waals surface area contributed by atoms with Crippen molar-refractivity contribution in [1.29, 1.82) is 0 Å². The predicted molar refractivity (Wildman–Crippen MR) is 82.2 cm³/mol. The molecule has 1 amide bonds. The molecule has 1 saturated heterocycles. The van der Waals surface area contributed by atoms with Crippen LogP contribution in [0.2, 0.25) is 0 Å². The van der Waals surface area contributed by atoms with Crippen molar-refractivity contribution in [1.82, 2.24) is 10.6 Å². The molecule has 3 rings (SSSR count). The number of carbonyl (C=O) groups excluding carboxylic acids is 1. The van der Waals surface area contributed by atoms with Crippen LogP contribution in [-0.2, 0) is 4.79 Å². The zero-order chi connectivity index (χ0) is 13.8. The highest BCUT2D eigenvalue weighted by Gasteiger charge is 2.24. The van der Waals surface area contributed by atoms with Crippen LogP contribution in [0.5, 0.6) is 11.5 Å². The molecule has 0 aromatic heterocycles. The summed E-state index contributed by atoms with van der Waals surface area (Å²) in [7, 11) is 0. The standard InChI is InChI=1S/C15H20N2O3.ClH/c18-15(11-4-3-7-16-8-11)17-9-12-10-19-13-5-1-2-6-14(13)20-12;/h1-2,5-6,11-12,16H,3-4,7-10H2,(H,17,18);1H. The van der Waals surface area contributed by atoms with Gasteiger partial charge in [0.25, 0.3) is 0 Å². The lowest BCUT2D eigenvalue weighted by atomic mass is 9.99. The summed E-state index contributed by atoms with van der Waals surface area (Å²) in [6, 6.07) is 7.60. The van der Waals surface area contributed by atoms with Gasteiger partial charge in [0.2, 0.25) is 5.91 Å². The number of fused-ring (bicyclic) bond motifs is 1. The second-order valence-electron chi connectivity index (χ2n) is 5.29. The molecule has 1 fully saturated rings. The fourth-order valence-corrected chi connectivity index (χ4v) is 2.60. The van der Waals surface area contributed by atoms with Gasteiger partial charge in [0.05, 0.1) is 12.5 Å². The molecule has 2 unspecified atom stereocenters. The number of carbonyl (C=O) groups is 1. The van der Waals surface area contributed by atoms with Crippen LogP contribution in [0.1, 0.15) is 12.8 Å². The second kappa shape index (κ2) is 7.52. The minimum absolute atomic E-state index is 0. The maximum Gasteiger partial charge on any atom is 0.224 e. The monoisotopic (exact) mass is 312 g/mol. The van der Waals surface area contributed by atoms with Crippen LogP contribution in [0.25, 0.3) is 0 Å². The third-order valence-corrected chi connectivity index (χ3v) is 3.74. The van der Waals surface area contributed by atoms with Gasteiger partial charge in [-0.15, -0.1) is 12.4 Å². The van der Waals surface area contributed by atoms with Crippen molar-refractivity contribution in [2.24, 2.45) is 5.92 Å². The minimum atomic E-state index is -0.120. The topological polar surface area (TPSA) is 59.6 Å². The summed E-state index contributed by atoms with van der Waals surface area (Å²) in [5.74, 6) is 1.71. The molecule has 0 bridgehead atoms. The third kappa shape index (κ3) is 4.02. The Bertz CT molecular complexity index is 478. The summed E-state index contributed by atoms with van der Waals surface area (Å²) in [6.07, 6.45) is 1.91. The van der Waals surface area contributed by atoms with Gasteiger partial charge in [0.1, 0.15) is 12.7 Å². The normalized spacial score (nSPS) is 23.8. The molecule has 2 aliphatic rings. The molecule has 2 atom stereocenters. The van der Waals surface area contributed by atoms with Gasteiger partial charge < -0.3 is 20.1 Å². The number of rotatable bonds is 3. The average Bonchev–Trinajstić information content (AvgIpc) is 2.53. The number of hydrogen-bond donors (Lipinski definition) is 2. The predicted octanol–water partition coefficient (Wildman–Crippen LogP) is 1.36. The summed E-state index contributed by atoms with van der Waals surface area (Å²) in [4.78, 5) is 12.0. The summed E-state index contributed by atoms with van der Waals surface area (Å²) >= 11 is 0. The van der Waals surface area contributed by atoms with E-state index >= 15 is 0 Å². The lowest BCUT2D eigenvalue weighted by molar-refractivity contribution is -0.126. The van der Waals surface area contributed by atoms with Gasteiger partial charge in [-0.05, 0) is 31.5 Å². The zero-order valence-corrected chi connectivity index (χ0v) is 12.7. The van der Waals surface area contributed by atoms with E-state index < -0.39 is 0 Å². The van der Waals surface area contributed by atoms with Crippen LogP contribution in [-0.4, -0.2) is 38.3 Å². The highest BCUT2D eigenvalue weighted by atomic mass is 35.5. The molecule has 116 valence electrons. The number of piperidine rings is 1. The number of nitrogens with one attached hydrogen (secondary N) is 2. The number of amides is 1. The quantitative estimate of drug-likeness (QED) is 0.885. The minimum Gasteiger partial charge on any atom is -0.486 e. The van der Waals surface area contributed by atoms with E-state index in [0.717, 1.165) is 37.4 Å². The first-order valence-electron chi connectivity index (χ1n) is 7.20. The van der Waals surface area contributed by atoms with E-state index in [2.05, 4.69) is 10.6 Å². The molecule has 1 aromatic carbocycles. The fraction of sp³-hybridized carbons (Fsp3) is 0.533. The van der Waals surface area contributed by atoms with Gasteiger partial charge in [-0.25, -0.2) is 0 Å². The molecule has 0 aliphatic carbocycles. The summed E-state index contributed by atoms with van der Waals surface area (Å²) in [6.45, 7) is 2.75. The number of para-hydroxylation sites is 2. The third-order valence-electron chi connectivity index (χ3n) is 3.74. The second-order valence-corrected chi connectivity index (χ2v) is 5.29. The molecule has 2 N–H and O–H groups in total. The summed E-state index contributed by atoms with van der Waals surface area (Å²) < 4.78 is 11.4. The molecular formula is C15H21ClN2O3. The largest absolute Gasteiger partial charge is 0.486 e. The molecule has 2 aliphatic heterocycles. The van der Waals surface area contributed by atoms with Gasteiger partial charge in [-0.2, -0.15) is 0 Å². The Hall–Kier alpha value is -1.46. The van der Waals surface area contributed by atoms with E-state index in [4.69, 9.17) is 9.47 Å². The maximum atomic E-state index is 12.0. The molecule has 2 heterocycles. The Morgan fingerprint density at radius 2 is 2.14 bits per heavy atom. The first kappa shape index (κ1) is 15.9. The Morgan fingerprint density at radius 3 is 2.90 bits per heavy atom. The van der Waals surface area contributed by atoms with Crippen LogP contribution in [0, 0.1) is 5.92 Å². The van der Waals surface area contributed by atoms with Crippen LogP contribution < -0.4 is 20.1 Å². The lowest BCUT2D eigenvalue weighted by Crippen LogP contribution is -2.45. The van der Waals surface area contributed by atoms with Crippen molar-refractivity contribution in [2.45, 2.75) is 18.9 Å². The number of hydrogen-bond acceptors (Lipinski definition) is 4. The Balaban J connectivity index is 0.00000161. The maximum absolute atomic E-state index is 12.0. The molecule has 0 saturated carbocycles. The molecule has 0 spiro atoms. The van der Waals surface area contributed by atoms with E-state index in [0.29, 0.717) is 13.2 Å². The van der Waals surface area contributed by atoms with Gasteiger partial charge in [-0.3, -0.25) is 4.79 Å². The molecule has 5 nitrogen and oxygen atoms in total. The number of ether oxygens (including phenoxy) is 2. The lowest BCUT2D eigenvalue weighted by Gasteiger charge is -2.28. The highest BCUT2D eigenvalue weighted by molar-refractivity contribution is 5.85. The van der Waals surface area contributed by atoms with Crippen LogP contribution in [0.15, 0.2) is 24.3 Å². The zero-order valence-electron chi connectivity index (χ0n) is 11.8. The molecule has 1 aromatic rings. The van der Waals surface area contributed by atoms with E-state index in [1.807, 2.05) is 24.3 Å². The van der Waals surface area contributed by atoms with Crippen molar-refractivity contribution in [2.75, 3.05) is 26.2 Å². The first-order valence-corrected chi connectivity index (χ1v) is 7.20. The fourth-order valence-electron chi connectivity index (χ4n) is 2.60. The van der Waals surface area contributed by atoms with Crippen molar-refractivity contribution in [3.63, 3.8) is 0 Å². The van der Waals surface area contributed by atoms with Crippen molar-refractivity contribution >= 4 is 18.3 Å². The SMILES string of the molecule is Cl.O=C(NCC1COc2ccccc2O1)C1CCCNC1. The van der Waals surface area contributed by atoms with Gasteiger partial charge in [0.15, 0.2) is 11.5 Å². The first-order chi connectivity index (χ1) is 9.83. The smallest absolute Gasteiger partial charge is 0.224 e. The Kier molecular flexibility index (Phi) is 5.70. The highest BCUT2D eigenvalue weighted by Crippen LogP contribution is 2.30. The molecule has 0 radical (unpaired) electrons. The summed E-state index contributed by atoms with van der Waals surface area (Å²) in [5.41, 5.74) is 0. The number of halogens is 1. The van der Waals surface area contributed by atoms with Gasteiger partial charge in [0, 0.05) is 6.54 Å². The van der Waals surface area contributed by atoms with Crippen LogP contribution in [0.3, 0.4) is 0 Å². The van der Waals surface area contributed by atoms with Crippen molar-refractivity contribution in [3.8, 4) is 11.5 Å². The Labute approximate surface area is 130 Å². The van der Waals surface area contributed by atoms with Gasteiger partial charge >= 0.3 is 0 Å². The van der Waals surface area contributed by atoms with E-state index in [1.54, 1.807) is 0 Å². The van der Waals surface area contributed by atoms with Crippen LogP contribution in [0.4, 0.5) is 0 Å². The van der Waals surface area contributed by atoms with Gasteiger partial charge in [-0.1, -0.05) is 12.1 Å². The molecule has 6 heteroatoms. The molecule has 21 heavy (non-hydrogen) atoms. The van der Waals surface area contributed by atoms with Crippen molar-refractivity contribution < 1.29 is 14.3 Å². The van der Waals surface area contributed by atoms with Crippen molar-refractivity contribution in [3.05, 3.63) is 24.3 Å². The molecular weight excluding hydrogens is 292 g/mol.